The Morgan fingerprint density at radius 2 is 0.850 bits per heavy atom. The van der Waals surface area contributed by atoms with Gasteiger partial charge in [-0.25, -0.2) is 0 Å². The molecule has 11 aromatic carbocycles. The molecule has 5 aliphatic carbocycles. The highest BCUT2D eigenvalue weighted by molar-refractivity contribution is 6.16. The van der Waals surface area contributed by atoms with Gasteiger partial charge in [0.25, 0.3) is 0 Å². The molecule has 1 atom stereocenters. The van der Waals surface area contributed by atoms with Crippen LogP contribution in [0.25, 0.3) is 88.4 Å². The molecule has 18 rings (SSSR count). The fourth-order valence-corrected chi connectivity index (χ4v) is 16.4. The van der Waals surface area contributed by atoms with Gasteiger partial charge in [-0.3, -0.25) is 0 Å². The highest BCUT2D eigenvalue weighted by Gasteiger charge is 2.52. The molecule has 0 aliphatic heterocycles. The number of nitrogens with zero attached hydrogens (tertiary/aromatic N) is 1. The molecule has 3 nitrogen and oxygen atoms in total. The molecule has 2 heterocycles. The average molecular weight is 1030 g/mol. The monoisotopic (exact) mass is 1030 g/mol. The van der Waals surface area contributed by atoms with E-state index in [9.17, 15) is 0 Å². The first-order chi connectivity index (χ1) is 39.6. The van der Waals surface area contributed by atoms with Gasteiger partial charge in [0.15, 0.2) is 0 Å². The van der Waals surface area contributed by atoms with E-state index in [-0.39, 0.29) is 0 Å². The van der Waals surface area contributed by atoms with E-state index >= 15 is 0 Å². The van der Waals surface area contributed by atoms with Crippen LogP contribution in [-0.4, -0.2) is 0 Å². The largest absolute Gasteiger partial charge is 0.456 e. The van der Waals surface area contributed by atoms with E-state index in [1.807, 2.05) is 0 Å². The van der Waals surface area contributed by atoms with Crippen LogP contribution in [0, 0.1) is 17.8 Å². The van der Waals surface area contributed by atoms with Crippen molar-refractivity contribution in [1.29, 1.82) is 0 Å². The number of rotatable bonds is 9. The van der Waals surface area contributed by atoms with Crippen LogP contribution in [0.15, 0.2) is 264 Å². The molecule has 4 bridgehead atoms. The third-order valence-electron chi connectivity index (χ3n) is 19.3. The van der Waals surface area contributed by atoms with Crippen molar-refractivity contribution in [2.45, 2.75) is 49.4 Å². The number of hydrogen-bond donors (Lipinski definition) is 0. The zero-order valence-electron chi connectivity index (χ0n) is 44.5. The molecule has 4 fully saturated rings. The normalized spacial score (nSPS) is 20.7. The van der Waals surface area contributed by atoms with Gasteiger partial charge in [0, 0.05) is 27.5 Å². The van der Waals surface area contributed by atoms with Gasteiger partial charge in [0.2, 0.25) is 0 Å². The molecule has 2 aromatic heterocycles. The van der Waals surface area contributed by atoms with E-state index in [1.54, 1.807) is 5.56 Å². The molecule has 0 radical (unpaired) electrons. The number of fused-ring (bicyclic) bond motifs is 9. The third kappa shape index (κ3) is 6.86. The number of benzene rings is 11. The summed E-state index contributed by atoms with van der Waals surface area (Å²) < 4.78 is 13.5. The Labute approximate surface area is 466 Å². The SMILES string of the molecule is c1ccc(-c2cccc3c2-c2ccccc2C3(c2ccccc2)c2ccc(N(c3ccc4oc5cccc(-c6ccccc6)c5c4c3)c3cccc4oc5ccc(-c6ccc(C78CC9CC(CC(C9)C7)C8)cc6)cc5c34)cc2)cc1. The van der Waals surface area contributed by atoms with Crippen molar-refractivity contribution in [3.8, 4) is 44.5 Å². The number of hydrogen-bond acceptors (Lipinski definition) is 3. The van der Waals surface area contributed by atoms with Crippen molar-refractivity contribution < 1.29 is 8.83 Å². The van der Waals surface area contributed by atoms with Crippen LogP contribution in [0.2, 0.25) is 0 Å². The molecular formula is C77H57NO2. The van der Waals surface area contributed by atoms with Crippen molar-refractivity contribution in [2.75, 3.05) is 4.90 Å². The maximum absolute atomic E-state index is 6.86. The summed E-state index contributed by atoms with van der Waals surface area (Å²) in [6.07, 6.45) is 8.49. The lowest BCUT2D eigenvalue weighted by Gasteiger charge is -2.57. The van der Waals surface area contributed by atoms with Crippen molar-refractivity contribution >= 4 is 60.9 Å². The third-order valence-corrected chi connectivity index (χ3v) is 19.3. The summed E-state index contributed by atoms with van der Waals surface area (Å²) in [5, 5.41) is 4.35. The minimum atomic E-state index is -0.589. The lowest BCUT2D eigenvalue weighted by Crippen LogP contribution is -2.48. The molecule has 1 unspecified atom stereocenters. The summed E-state index contributed by atoms with van der Waals surface area (Å²) in [4.78, 5) is 2.44. The predicted octanol–water partition coefficient (Wildman–Crippen LogP) is 20.8. The Hall–Kier alpha value is -9.18. The van der Waals surface area contributed by atoms with E-state index in [2.05, 4.69) is 260 Å². The number of anilines is 3. The first-order valence-electron chi connectivity index (χ1n) is 28.9. The zero-order valence-corrected chi connectivity index (χ0v) is 44.5. The van der Waals surface area contributed by atoms with Crippen LogP contribution in [-0.2, 0) is 10.8 Å². The Bertz CT molecular complexity index is 4520. The van der Waals surface area contributed by atoms with Crippen molar-refractivity contribution in [3.63, 3.8) is 0 Å². The van der Waals surface area contributed by atoms with Crippen LogP contribution in [0.3, 0.4) is 0 Å². The molecule has 0 spiro atoms. The maximum atomic E-state index is 6.86. The molecule has 4 saturated carbocycles. The molecule has 13 aromatic rings. The van der Waals surface area contributed by atoms with Crippen LogP contribution in [0.4, 0.5) is 17.1 Å². The van der Waals surface area contributed by atoms with Crippen molar-refractivity contribution in [3.05, 3.63) is 283 Å². The highest BCUT2D eigenvalue weighted by Crippen LogP contribution is 2.62. The lowest BCUT2D eigenvalue weighted by atomic mass is 9.48. The molecule has 382 valence electrons. The Morgan fingerprint density at radius 1 is 0.338 bits per heavy atom. The van der Waals surface area contributed by atoms with Gasteiger partial charge >= 0.3 is 0 Å². The van der Waals surface area contributed by atoms with Gasteiger partial charge in [-0.2, -0.15) is 0 Å². The van der Waals surface area contributed by atoms with Gasteiger partial charge in [-0.15, -0.1) is 0 Å². The van der Waals surface area contributed by atoms with Gasteiger partial charge < -0.3 is 13.7 Å². The highest BCUT2D eigenvalue weighted by atomic mass is 16.3. The van der Waals surface area contributed by atoms with Crippen LogP contribution >= 0.6 is 0 Å². The summed E-state index contributed by atoms with van der Waals surface area (Å²) >= 11 is 0. The van der Waals surface area contributed by atoms with Gasteiger partial charge in [0.05, 0.1) is 16.5 Å². The van der Waals surface area contributed by atoms with Crippen LogP contribution in [0.5, 0.6) is 0 Å². The lowest BCUT2D eigenvalue weighted by molar-refractivity contribution is -0.00518. The second-order valence-corrected chi connectivity index (χ2v) is 23.7. The minimum Gasteiger partial charge on any atom is -0.456 e. The van der Waals surface area contributed by atoms with E-state index < -0.39 is 5.41 Å². The van der Waals surface area contributed by atoms with Gasteiger partial charge in [-0.1, -0.05) is 194 Å². The van der Waals surface area contributed by atoms with Crippen LogP contribution in [0.1, 0.15) is 66.3 Å². The zero-order chi connectivity index (χ0) is 52.5. The molecule has 80 heavy (non-hydrogen) atoms. The second kappa shape index (κ2) is 17.7. The molecule has 3 heteroatoms. The summed E-state index contributed by atoms with van der Waals surface area (Å²) in [7, 11) is 0. The summed E-state index contributed by atoms with van der Waals surface area (Å²) in [6, 6.07) is 94.3. The maximum Gasteiger partial charge on any atom is 0.137 e. The molecule has 0 amide bonds. The van der Waals surface area contributed by atoms with E-state index in [1.165, 1.54) is 94.2 Å². The molecule has 0 N–H and O–H groups in total. The Kier molecular flexibility index (Phi) is 10.1. The van der Waals surface area contributed by atoms with Crippen LogP contribution < -0.4 is 4.90 Å². The minimum absolute atomic E-state index is 0.365. The first-order valence-corrected chi connectivity index (χ1v) is 28.9. The summed E-state index contributed by atoms with van der Waals surface area (Å²) in [6.45, 7) is 0. The standard InChI is InChI=1S/C77H57NO2/c1-4-15-53(16-5-1)61-22-12-25-67-73(61)63-21-10-11-24-66(63)77(67,57-19-8-3-9-20-57)58-34-36-59(37-35-58)78(60-38-40-70-65(45-60)74-62(23-13-27-71(74)79-70)54-17-6-2-7-18-54)68-26-14-28-72-75(68)64-44-55(31-39-69(64)80-72)52-29-32-56(33-30-52)76-46-49-41-50(47-76)43-51(42-49)48-76/h1-40,44-45,49-51H,41-43,46-48H2. The average Bonchev–Trinajstić information content (AvgIpc) is 4.37. The van der Waals surface area contributed by atoms with E-state index in [4.69, 9.17) is 8.83 Å². The summed E-state index contributed by atoms with van der Waals surface area (Å²) in [5.74, 6) is 2.75. The number of furan rings is 2. The van der Waals surface area contributed by atoms with Gasteiger partial charge in [-0.05, 0) is 195 Å². The fourth-order valence-electron chi connectivity index (χ4n) is 16.4. The first kappa shape index (κ1) is 45.8. The van der Waals surface area contributed by atoms with E-state index in [0.717, 1.165) is 89.8 Å². The van der Waals surface area contributed by atoms with Gasteiger partial charge in [0.1, 0.15) is 22.3 Å². The predicted molar refractivity (Wildman–Crippen MR) is 329 cm³/mol. The fraction of sp³-hybridized carbons (Fsp3) is 0.143. The quantitative estimate of drug-likeness (QED) is 0.144. The van der Waals surface area contributed by atoms with Crippen molar-refractivity contribution in [1.82, 2.24) is 0 Å². The Balaban J connectivity index is 0.854. The molecular weight excluding hydrogens is 971 g/mol. The second-order valence-electron chi connectivity index (χ2n) is 23.7. The van der Waals surface area contributed by atoms with E-state index in [0.29, 0.717) is 5.41 Å². The Morgan fingerprint density at radius 3 is 1.56 bits per heavy atom. The molecule has 5 aliphatic rings. The van der Waals surface area contributed by atoms with Crippen molar-refractivity contribution in [2.24, 2.45) is 17.8 Å². The smallest absolute Gasteiger partial charge is 0.137 e. The molecule has 0 saturated heterocycles. The summed E-state index contributed by atoms with van der Waals surface area (Å²) in [5.41, 5.74) is 22.7. The topological polar surface area (TPSA) is 29.5 Å².